The summed E-state index contributed by atoms with van der Waals surface area (Å²) in [4.78, 5) is 25.2. The van der Waals surface area contributed by atoms with Crippen LogP contribution in [0.15, 0.2) is 63.8 Å². The third-order valence-corrected chi connectivity index (χ3v) is 4.99. The van der Waals surface area contributed by atoms with Gasteiger partial charge in [0.2, 0.25) is 5.43 Å². The molecule has 0 bridgehead atoms. The maximum atomic E-state index is 12.8. The van der Waals surface area contributed by atoms with E-state index in [1.807, 2.05) is 26.0 Å². The van der Waals surface area contributed by atoms with Crippen molar-refractivity contribution in [3.63, 3.8) is 0 Å². The first-order valence-electron chi connectivity index (χ1n) is 8.48. The second-order valence-electron chi connectivity index (χ2n) is 6.51. The van der Waals surface area contributed by atoms with E-state index in [2.05, 4.69) is 5.32 Å². The van der Waals surface area contributed by atoms with Gasteiger partial charge in [0.15, 0.2) is 0 Å². The summed E-state index contributed by atoms with van der Waals surface area (Å²) in [5.74, 6) is -0.324. The quantitative estimate of drug-likeness (QED) is 0.471. The van der Waals surface area contributed by atoms with Crippen molar-refractivity contribution < 1.29 is 9.21 Å². The molecule has 1 heterocycles. The van der Waals surface area contributed by atoms with Crippen LogP contribution in [0.25, 0.3) is 21.9 Å². The van der Waals surface area contributed by atoms with E-state index in [-0.39, 0.29) is 11.3 Å². The Morgan fingerprint density at radius 3 is 2.41 bits per heavy atom. The average molecular weight is 378 g/mol. The predicted molar refractivity (Wildman–Crippen MR) is 109 cm³/mol. The Hall–Kier alpha value is -3.11. The summed E-state index contributed by atoms with van der Waals surface area (Å²) >= 11 is 6.07. The molecule has 134 valence electrons. The van der Waals surface area contributed by atoms with Crippen LogP contribution < -0.4 is 10.7 Å². The molecule has 0 atom stereocenters. The number of rotatable bonds is 2. The van der Waals surface area contributed by atoms with E-state index in [9.17, 15) is 9.59 Å². The number of benzene rings is 3. The highest BCUT2D eigenvalue weighted by Crippen LogP contribution is 2.25. The predicted octanol–water partition coefficient (Wildman–Crippen LogP) is 5.47. The van der Waals surface area contributed by atoms with Crippen LogP contribution in [0.2, 0.25) is 5.02 Å². The van der Waals surface area contributed by atoms with Crippen LogP contribution in [-0.4, -0.2) is 5.91 Å². The van der Waals surface area contributed by atoms with Gasteiger partial charge < -0.3 is 9.73 Å². The summed E-state index contributed by atoms with van der Waals surface area (Å²) in [6, 6.07) is 15.5. The first kappa shape index (κ1) is 17.3. The van der Waals surface area contributed by atoms with E-state index in [0.29, 0.717) is 38.2 Å². The van der Waals surface area contributed by atoms with Gasteiger partial charge in [-0.15, -0.1) is 0 Å². The number of fused-ring (bicyclic) bond motifs is 2. The number of hydrogen-bond acceptors (Lipinski definition) is 3. The third kappa shape index (κ3) is 3.09. The Balaban J connectivity index is 1.79. The Morgan fingerprint density at radius 1 is 0.926 bits per heavy atom. The van der Waals surface area contributed by atoms with Crippen LogP contribution in [-0.2, 0) is 0 Å². The Bertz CT molecular complexity index is 1270. The zero-order valence-corrected chi connectivity index (χ0v) is 15.6. The van der Waals surface area contributed by atoms with Gasteiger partial charge in [0.1, 0.15) is 11.2 Å². The lowest BCUT2D eigenvalue weighted by Crippen LogP contribution is -2.12. The smallest absolute Gasteiger partial charge is 0.257 e. The van der Waals surface area contributed by atoms with E-state index in [1.165, 1.54) is 0 Å². The van der Waals surface area contributed by atoms with E-state index in [1.54, 1.807) is 42.5 Å². The number of anilines is 1. The topological polar surface area (TPSA) is 59.3 Å². The minimum absolute atomic E-state index is 0.0849. The lowest BCUT2D eigenvalue weighted by molar-refractivity contribution is 0.102. The molecule has 0 saturated carbocycles. The fourth-order valence-corrected chi connectivity index (χ4v) is 3.25. The van der Waals surface area contributed by atoms with Crippen molar-refractivity contribution in [1.82, 2.24) is 0 Å². The molecule has 3 aromatic carbocycles. The SMILES string of the molecule is Cc1cc2oc3cc(NC(=O)c4ccccc4Cl)ccc3c(=O)c2cc1C. The molecule has 0 aliphatic rings. The molecule has 4 rings (SSSR count). The van der Waals surface area contributed by atoms with Crippen LogP contribution >= 0.6 is 11.6 Å². The second kappa shape index (κ2) is 6.56. The van der Waals surface area contributed by atoms with Crippen molar-refractivity contribution in [2.75, 3.05) is 5.32 Å². The number of aryl methyl sites for hydroxylation is 2. The zero-order chi connectivity index (χ0) is 19.1. The van der Waals surface area contributed by atoms with Gasteiger partial charge in [-0.1, -0.05) is 23.7 Å². The van der Waals surface area contributed by atoms with Gasteiger partial charge in [0, 0.05) is 11.8 Å². The largest absolute Gasteiger partial charge is 0.456 e. The molecule has 4 aromatic rings. The Morgan fingerprint density at radius 2 is 1.63 bits per heavy atom. The van der Waals surface area contributed by atoms with Gasteiger partial charge in [-0.3, -0.25) is 9.59 Å². The number of hydrogen-bond donors (Lipinski definition) is 1. The third-order valence-electron chi connectivity index (χ3n) is 4.66. The van der Waals surface area contributed by atoms with Crippen molar-refractivity contribution in [3.05, 3.63) is 86.5 Å². The molecule has 27 heavy (non-hydrogen) atoms. The summed E-state index contributed by atoms with van der Waals surface area (Å²) in [6.07, 6.45) is 0. The maximum Gasteiger partial charge on any atom is 0.257 e. The number of amides is 1. The fourth-order valence-electron chi connectivity index (χ4n) is 3.03. The zero-order valence-electron chi connectivity index (χ0n) is 14.8. The summed E-state index contributed by atoms with van der Waals surface area (Å²) in [7, 11) is 0. The summed E-state index contributed by atoms with van der Waals surface area (Å²) in [6.45, 7) is 3.94. The number of carbonyl (C=O) groups excluding carboxylic acids is 1. The number of halogens is 1. The molecule has 0 fully saturated rings. The van der Waals surface area contributed by atoms with E-state index in [4.69, 9.17) is 16.0 Å². The molecule has 0 unspecified atom stereocenters. The molecular weight excluding hydrogens is 362 g/mol. The minimum atomic E-state index is -0.324. The van der Waals surface area contributed by atoms with Crippen molar-refractivity contribution in [1.29, 1.82) is 0 Å². The molecule has 1 amide bonds. The van der Waals surface area contributed by atoms with Gasteiger partial charge in [0.05, 0.1) is 21.4 Å². The highest BCUT2D eigenvalue weighted by atomic mass is 35.5. The second-order valence-corrected chi connectivity index (χ2v) is 6.92. The first-order chi connectivity index (χ1) is 12.9. The van der Waals surface area contributed by atoms with Crippen LogP contribution in [0, 0.1) is 13.8 Å². The van der Waals surface area contributed by atoms with E-state index >= 15 is 0 Å². The standard InChI is InChI=1S/C22H16ClNO3/c1-12-9-17-19(10-13(12)2)27-20-11-14(7-8-16(20)21(17)25)24-22(26)15-5-3-4-6-18(15)23/h3-11H,1-2H3,(H,24,26). The van der Waals surface area contributed by atoms with Crippen molar-refractivity contribution in [3.8, 4) is 0 Å². The summed E-state index contributed by atoms with van der Waals surface area (Å²) in [5.41, 5.74) is 3.87. The van der Waals surface area contributed by atoms with Crippen LogP contribution in [0.3, 0.4) is 0 Å². The molecule has 0 radical (unpaired) electrons. The average Bonchev–Trinajstić information content (AvgIpc) is 2.64. The number of carbonyl (C=O) groups is 1. The first-order valence-corrected chi connectivity index (χ1v) is 8.85. The summed E-state index contributed by atoms with van der Waals surface area (Å²) in [5, 5.41) is 4.20. The van der Waals surface area contributed by atoms with Crippen LogP contribution in [0.1, 0.15) is 21.5 Å². The van der Waals surface area contributed by atoms with Crippen LogP contribution in [0.4, 0.5) is 5.69 Å². The maximum absolute atomic E-state index is 12.8. The van der Waals surface area contributed by atoms with Gasteiger partial charge in [0.25, 0.3) is 5.91 Å². The Kier molecular flexibility index (Phi) is 4.21. The van der Waals surface area contributed by atoms with E-state index < -0.39 is 0 Å². The molecule has 4 nitrogen and oxygen atoms in total. The van der Waals surface area contributed by atoms with Gasteiger partial charge >= 0.3 is 0 Å². The lowest BCUT2D eigenvalue weighted by Gasteiger charge is -2.09. The monoisotopic (exact) mass is 377 g/mol. The molecule has 1 N–H and O–H groups in total. The highest BCUT2D eigenvalue weighted by molar-refractivity contribution is 6.34. The highest BCUT2D eigenvalue weighted by Gasteiger charge is 2.13. The minimum Gasteiger partial charge on any atom is -0.456 e. The van der Waals surface area contributed by atoms with Gasteiger partial charge in [-0.25, -0.2) is 0 Å². The Labute approximate surface area is 160 Å². The normalized spacial score (nSPS) is 11.1. The molecule has 1 aromatic heterocycles. The molecular formula is C22H16ClNO3. The van der Waals surface area contributed by atoms with Crippen LogP contribution in [0.5, 0.6) is 0 Å². The van der Waals surface area contributed by atoms with Crippen molar-refractivity contribution in [2.45, 2.75) is 13.8 Å². The fraction of sp³-hybridized carbons (Fsp3) is 0.0909. The van der Waals surface area contributed by atoms with E-state index in [0.717, 1.165) is 11.1 Å². The molecule has 0 aliphatic carbocycles. The molecule has 0 aliphatic heterocycles. The lowest BCUT2D eigenvalue weighted by atomic mass is 10.1. The van der Waals surface area contributed by atoms with Gasteiger partial charge in [-0.05, 0) is 61.4 Å². The summed E-state index contributed by atoms with van der Waals surface area (Å²) < 4.78 is 5.94. The van der Waals surface area contributed by atoms with Gasteiger partial charge in [-0.2, -0.15) is 0 Å². The van der Waals surface area contributed by atoms with Crippen molar-refractivity contribution >= 4 is 45.1 Å². The molecule has 0 spiro atoms. The molecule has 0 saturated heterocycles. The van der Waals surface area contributed by atoms with Crippen molar-refractivity contribution in [2.24, 2.45) is 0 Å². The number of nitrogens with one attached hydrogen (secondary N) is 1. The molecule has 5 heteroatoms.